The van der Waals surface area contributed by atoms with Crippen LogP contribution in [0.3, 0.4) is 0 Å². The Morgan fingerprint density at radius 3 is 2.19 bits per heavy atom. The summed E-state index contributed by atoms with van der Waals surface area (Å²) in [6.45, 7) is 6.12. The van der Waals surface area contributed by atoms with Crippen LogP contribution in [-0.4, -0.2) is 19.0 Å². The second kappa shape index (κ2) is 11.1. The number of benzene rings is 2. The fourth-order valence-electron chi connectivity index (χ4n) is 2.48. The number of nitrogens with two attached hydrogens (primary N) is 1. The molecule has 0 spiro atoms. The van der Waals surface area contributed by atoms with Crippen LogP contribution in [0.4, 0.5) is 11.4 Å². The third-order valence-electron chi connectivity index (χ3n) is 4.43. The maximum Gasteiger partial charge on any atom is 0.229 e. The van der Waals surface area contributed by atoms with E-state index in [1.807, 2.05) is 68.6 Å². The van der Waals surface area contributed by atoms with Gasteiger partial charge in [-0.15, -0.1) is 24.8 Å². The summed E-state index contributed by atoms with van der Waals surface area (Å²) in [5.41, 5.74) is 9.07. The number of carbonyl (C=O) groups excluding carboxylic acids is 1. The monoisotopic (exact) mass is 397 g/mol. The first-order valence-electron chi connectivity index (χ1n) is 8.34. The molecule has 1 amide bonds. The SMILES string of the molecule is CC(C(=O)Nc1cccc(N(C)C(C)C)c1)C(N)c1ccccc1.Cl.Cl. The van der Waals surface area contributed by atoms with Gasteiger partial charge in [-0.05, 0) is 37.6 Å². The molecular formula is C20H29Cl2N3O. The van der Waals surface area contributed by atoms with Crippen LogP contribution in [0.1, 0.15) is 32.4 Å². The van der Waals surface area contributed by atoms with E-state index in [4.69, 9.17) is 5.73 Å². The van der Waals surface area contributed by atoms with Gasteiger partial charge in [0.25, 0.3) is 0 Å². The first kappa shape index (κ1) is 24.2. The molecule has 144 valence electrons. The summed E-state index contributed by atoms with van der Waals surface area (Å²) in [4.78, 5) is 14.7. The van der Waals surface area contributed by atoms with Gasteiger partial charge in [0, 0.05) is 30.5 Å². The van der Waals surface area contributed by atoms with Crippen LogP contribution < -0.4 is 16.0 Å². The van der Waals surface area contributed by atoms with Crippen LogP contribution in [-0.2, 0) is 4.79 Å². The van der Waals surface area contributed by atoms with Gasteiger partial charge in [-0.1, -0.05) is 43.3 Å². The molecule has 0 aliphatic heterocycles. The number of nitrogens with one attached hydrogen (secondary N) is 1. The van der Waals surface area contributed by atoms with Gasteiger partial charge in [-0.2, -0.15) is 0 Å². The molecule has 2 atom stereocenters. The average Bonchev–Trinajstić information content (AvgIpc) is 2.60. The van der Waals surface area contributed by atoms with Crippen LogP contribution in [0.5, 0.6) is 0 Å². The molecule has 0 saturated heterocycles. The minimum absolute atomic E-state index is 0. The predicted molar refractivity (Wildman–Crippen MR) is 116 cm³/mol. The second-order valence-corrected chi connectivity index (χ2v) is 6.47. The van der Waals surface area contributed by atoms with Gasteiger partial charge in [-0.3, -0.25) is 4.79 Å². The maximum absolute atomic E-state index is 12.5. The van der Waals surface area contributed by atoms with Crippen LogP contribution >= 0.6 is 24.8 Å². The fraction of sp³-hybridized carbons (Fsp3) is 0.350. The Hall–Kier alpha value is -1.75. The van der Waals surface area contributed by atoms with E-state index in [-0.39, 0.29) is 42.7 Å². The van der Waals surface area contributed by atoms with Gasteiger partial charge in [0.1, 0.15) is 0 Å². The van der Waals surface area contributed by atoms with Crippen molar-refractivity contribution in [3.05, 3.63) is 60.2 Å². The summed E-state index contributed by atoms with van der Waals surface area (Å²) in [7, 11) is 2.04. The number of nitrogens with zero attached hydrogens (tertiary/aromatic N) is 1. The molecule has 0 heterocycles. The molecule has 6 heteroatoms. The van der Waals surface area contributed by atoms with Crippen molar-refractivity contribution in [2.75, 3.05) is 17.3 Å². The van der Waals surface area contributed by atoms with Crippen molar-refractivity contribution in [2.24, 2.45) is 11.7 Å². The Morgan fingerprint density at radius 2 is 1.62 bits per heavy atom. The number of amides is 1. The molecule has 0 aliphatic rings. The van der Waals surface area contributed by atoms with Crippen LogP contribution in [0.15, 0.2) is 54.6 Å². The lowest BCUT2D eigenvalue weighted by Gasteiger charge is -2.25. The number of hydrogen-bond acceptors (Lipinski definition) is 3. The highest BCUT2D eigenvalue weighted by Crippen LogP contribution is 2.23. The third-order valence-corrected chi connectivity index (χ3v) is 4.43. The van der Waals surface area contributed by atoms with Gasteiger partial charge in [-0.25, -0.2) is 0 Å². The first-order chi connectivity index (χ1) is 11.4. The summed E-state index contributed by atoms with van der Waals surface area (Å²) in [5.74, 6) is -0.394. The zero-order valence-electron chi connectivity index (χ0n) is 15.7. The van der Waals surface area contributed by atoms with Crippen molar-refractivity contribution in [2.45, 2.75) is 32.9 Å². The van der Waals surface area contributed by atoms with Crippen molar-refractivity contribution < 1.29 is 4.79 Å². The highest BCUT2D eigenvalue weighted by atomic mass is 35.5. The summed E-state index contributed by atoms with van der Waals surface area (Å²) >= 11 is 0. The largest absolute Gasteiger partial charge is 0.372 e. The zero-order valence-corrected chi connectivity index (χ0v) is 17.3. The molecule has 26 heavy (non-hydrogen) atoms. The van der Waals surface area contributed by atoms with Crippen LogP contribution in [0, 0.1) is 5.92 Å². The van der Waals surface area contributed by atoms with Crippen LogP contribution in [0.25, 0.3) is 0 Å². The molecule has 2 unspecified atom stereocenters. The highest BCUT2D eigenvalue weighted by Gasteiger charge is 2.22. The highest BCUT2D eigenvalue weighted by molar-refractivity contribution is 5.93. The molecule has 0 bridgehead atoms. The number of hydrogen-bond donors (Lipinski definition) is 2. The summed E-state index contributed by atoms with van der Waals surface area (Å²) < 4.78 is 0. The van der Waals surface area contributed by atoms with Gasteiger partial charge < -0.3 is 16.0 Å². The topological polar surface area (TPSA) is 58.4 Å². The summed E-state index contributed by atoms with van der Waals surface area (Å²) in [6, 6.07) is 17.6. The minimum Gasteiger partial charge on any atom is -0.372 e. The van der Waals surface area contributed by atoms with Gasteiger partial charge in [0.2, 0.25) is 5.91 Å². The Labute approximate surface area is 169 Å². The fourth-order valence-corrected chi connectivity index (χ4v) is 2.48. The summed E-state index contributed by atoms with van der Waals surface area (Å²) in [6.07, 6.45) is 0. The standard InChI is InChI=1S/C20H27N3O.2ClH/c1-14(2)23(4)18-12-8-11-17(13-18)22-20(24)15(3)19(21)16-9-6-5-7-10-16;;/h5-15,19H,21H2,1-4H3,(H,22,24);2*1H. The molecule has 2 aromatic rings. The van der Waals surface area contributed by atoms with Gasteiger partial charge in [0.15, 0.2) is 0 Å². The number of halogens is 2. The van der Waals surface area contributed by atoms with E-state index >= 15 is 0 Å². The molecule has 0 aliphatic carbocycles. The van der Waals surface area contributed by atoms with E-state index in [0.717, 1.165) is 16.9 Å². The Kier molecular flexibility index (Phi) is 10.3. The number of rotatable bonds is 6. The summed E-state index contributed by atoms with van der Waals surface area (Å²) in [5, 5.41) is 2.98. The quantitative estimate of drug-likeness (QED) is 0.745. The zero-order chi connectivity index (χ0) is 17.7. The molecule has 4 nitrogen and oxygen atoms in total. The van der Waals surface area contributed by atoms with Crippen molar-refractivity contribution in [1.82, 2.24) is 0 Å². The maximum atomic E-state index is 12.5. The first-order valence-corrected chi connectivity index (χ1v) is 8.34. The van der Waals surface area contributed by atoms with Crippen LogP contribution in [0.2, 0.25) is 0 Å². The Bertz CT molecular complexity index is 680. The Balaban J connectivity index is 0.00000312. The van der Waals surface area contributed by atoms with E-state index in [9.17, 15) is 4.79 Å². The number of carbonyl (C=O) groups is 1. The molecular weight excluding hydrogens is 369 g/mol. The van der Waals surface area contributed by atoms with Gasteiger partial charge >= 0.3 is 0 Å². The van der Waals surface area contributed by atoms with E-state index in [1.165, 1.54) is 0 Å². The van der Waals surface area contributed by atoms with Crippen molar-refractivity contribution >= 4 is 42.1 Å². The lowest BCUT2D eigenvalue weighted by atomic mass is 9.94. The molecule has 3 N–H and O–H groups in total. The lowest BCUT2D eigenvalue weighted by molar-refractivity contribution is -0.120. The smallest absolute Gasteiger partial charge is 0.229 e. The molecule has 0 fully saturated rings. The van der Waals surface area contributed by atoms with E-state index in [0.29, 0.717) is 6.04 Å². The molecule has 0 radical (unpaired) electrons. The molecule has 2 aromatic carbocycles. The second-order valence-electron chi connectivity index (χ2n) is 6.47. The molecule has 2 rings (SSSR count). The normalized spacial score (nSPS) is 12.4. The van der Waals surface area contributed by atoms with Crippen molar-refractivity contribution in [3.8, 4) is 0 Å². The lowest BCUT2D eigenvalue weighted by Crippen LogP contribution is -2.30. The minimum atomic E-state index is -0.326. The predicted octanol–water partition coefficient (Wildman–Crippen LogP) is 4.65. The van der Waals surface area contributed by atoms with Crippen molar-refractivity contribution in [1.29, 1.82) is 0 Å². The third kappa shape index (κ3) is 6.20. The number of anilines is 2. The molecule has 0 aromatic heterocycles. The molecule has 0 saturated carbocycles. The van der Waals surface area contributed by atoms with E-state index < -0.39 is 0 Å². The van der Waals surface area contributed by atoms with Gasteiger partial charge in [0.05, 0.1) is 5.92 Å². The average molecular weight is 398 g/mol. The Morgan fingerprint density at radius 1 is 1.00 bits per heavy atom. The van der Waals surface area contributed by atoms with E-state index in [2.05, 4.69) is 24.1 Å². The van der Waals surface area contributed by atoms with Crippen molar-refractivity contribution in [3.63, 3.8) is 0 Å². The van der Waals surface area contributed by atoms with E-state index in [1.54, 1.807) is 0 Å².